The number of alkyl halides is 3. The quantitative estimate of drug-likeness (QED) is 0.138. The first-order chi connectivity index (χ1) is 29.5. The minimum atomic E-state index is 0. The molecule has 0 spiro atoms. The van der Waals surface area contributed by atoms with Crippen LogP contribution in [-0.2, 0) is 12.7 Å². The second-order valence-corrected chi connectivity index (χ2v) is 18.5. The van der Waals surface area contributed by atoms with Crippen LogP contribution in [0.4, 0.5) is 0 Å². The molecule has 0 aliphatic heterocycles. The van der Waals surface area contributed by atoms with E-state index in [9.17, 15) is 0 Å². The van der Waals surface area contributed by atoms with Crippen LogP contribution in [0.1, 0.15) is 66.8 Å². The number of halogens is 6. The Morgan fingerprint density at radius 2 is 0.708 bits per heavy atom. The van der Waals surface area contributed by atoms with E-state index in [-0.39, 0.29) is 60.4 Å². The molecule has 0 unspecified atom stereocenters. The number of benzene rings is 4. The lowest BCUT2D eigenvalue weighted by Gasteiger charge is -2.11. The standard InChI is InChI=1S/C25H30N4.C13H16ClN2.C12H14N2.CH2ClI.ClH.2HI/c1-18-11-20(3)24(21(4)12-18)28-9-7-26(16-28)15-27-8-10-29(17-27)25-22(5)13-19(2)14-23(25)6;1-10-6-11(2)13(12(3)7-10)16-5-4-15(8-14)9-16;1-9-6-10(2)12(11(3)7-9)14-5-4-13-8-14;2-1-3;;;/h7-14,16-17H,15H2,1-6H3;4-7,9H,8H2,1-3H3;4-8H,1-3H3;1H2;3*1H/q+2;+1;;;;;/p-3. The highest BCUT2D eigenvalue weighted by atomic mass is 127. The Balaban J connectivity index is 0.000000344. The number of hydrogen-bond donors (Lipinski definition) is 0. The number of aryl methyl sites for hydroxylation is 12. The number of rotatable bonds is 7. The summed E-state index contributed by atoms with van der Waals surface area (Å²) in [5, 5.41) is 0. The molecular formula is C51H62Cl3I3N8. The van der Waals surface area contributed by atoms with Crippen molar-refractivity contribution in [2.45, 2.75) is 95.8 Å². The van der Waals surface area contributed by atoms with Crippen LogP contribution in [0.25, 0.3) is 22.7 Å². The minimum Gasteiger partial charge on any atom is -1.00 e. The molecule has 4 aromatic carbocycles. The summed E-state index contributed by atoms with van der Waals surface area (Å²) in [6.45, 7) is 26.6. The van der Waals surface area contributed by atoms with E-state index in [4.69, 9.17) is 23.2 Å². The molecule has 0 bridgehead atoms. The van der Waals surface area contributed by atoms with Gasteiger partial charge in [-0.1, -0.05) is 105 Å². The molecule has 4 aromatic heterocycles. The van der Waals surface area contributed by atoms with E-state index in [1.165, 1.54) is 89.5 Å². The van der Waals surface area contributed by atoms with Crippen LogP contribution in [-0.4, -0.2) is 27.1 Å². The van der Waals surface area contributed by atoms with Crippen molar-refractivity contribution in [1.29, 1.82) is 0 Å². The lowest BCUT2D eigenvalue weighted by Crippen LogP contribution is -3.00. The van der Waals surface area contributed by atoms with Gasteiger partial charge in [0, 0.05) is 12.4 Å². The van der Waals surface area contributed by atoms with E-state index in [1.54, 1.807) is 6.20 Å². The molecule has 0 atom stereocenters. The number of hydrogen-bond acceptors (Lipinski definition) is 1. The van der Waals surface area contributed by atoms with Crippen LogP contribution >= 0.6 is 45.8 Å². The van der Waals surface area contributed by atoms with E-state index in [1.807, 2.05) is 35.8 Å². The van der Waals surface area contributed by atoms with E-state index in [0.29, 0.717) is 9.89 Å². The van der Waals surface area contributed by atoms with Crippen LogP contribution in [0.2, 0.25) is 0 Å². The molecule has 8 nitrogen and oxygen atoms in total. The SMILES string of the molecule is Cc1cc(C)c(-n2cc[n+](CCl)c2)c(C)c1.Cc1cc(C)c(-n2cc[n+](C[n+]3ccn(-c4c(C)cc(C)cc4C)c3)c2)c(C)c1.Cc1cc(C)c(-n2ccnc2)c(C)c1.ClCI.[Cl-].[I-].[I-]. The fourth-order valence-electron chi connectivity index (χ4n) is 8.72. The second kappa shape index (κ2) is 26.9. The molecule has 0 radical (unpaired) electrons. The van der Waals surface area contributed by atoms with Crippen LogP contribution in [0.5, 0.6) is 0 Å². The lowest BCUT2D eigenvalue weighted by atomic mass is 10.1. The van der Waals surface area contributed by atoms with Gasteiger partial charge in [0.1, 0.15) is 54.2 Å². The van der Waals surface area contributed by atoms with Gasteiger partial charge in [0.25, 0.3) is 12.7 Å². The Kier molecular flexibility index (Phi) is 24.0. The molecule has 65 heavy (non-hydrogen) atoms. The molecule has 0 aliphatic carbocycles. The van der Waals surface area contributed by atoms with Crippen LogP contribution in [0.15, 0.2) is 123 Å². The average molecular weight is 1270 g/mol. The van der Waals surface area contributed by atoms with Gasteiger partial charge < -0.3 is 64.9 Å². The van der Waals surface area contributed by atoms with Gasteiger partial charge in [0.2, 0.25) is 13.0 Å². The molecule has 0 fully saturated rings. The first kappa shape index (κ1) is 57.9. The maximum atomic E-state index is 5.78. The monoisotopic (exact) mass is 1270 g/mol. The molecule has 14 heteroatoms. The Hall–Kier alpha value is -3.22. The molecule has 0 saturated carbocycles. The molecule has 4 heterocycles. The van der Waals surface area contributed by atoms with Gasteiger partial charge in [-0.2, -0.15) is 9.13 Å². The highest BCUT2D eigenvalue weighted by Gasteiger charge is 2.17. The van der Waals surface area contributed by atoms with Crippen molar-refractivity contribution in [3.05, 3.63) is 190 Å². The Morgan fingerprint density at radius 3 is 0.954 bits per heavy atom. The summed E-state index contributed by atoms with van der Waals surface area (Å²) in [5.74, 6) is 0. The molecule has 0 amide bonds. The van der Waals surface area contributed by atoms with Crippen LogP contribution in [0.3, 0.4) is 0 Å². The van der Waals surface area contributed by atoms with Crippen molar-refractivity contribution < 1.29 is 74.1 Å². The van der Waals surface area contributed by atoms with Crippen LogP contribution < -0.4 is 74.1 Å². The van der Waals surface area contributed by atoms with E-state index >= 15 is 0 Å². The third-order valence-corrected chi connectivity index (χ3v) is 10.9. The number of nitrogens with zero attached hydrogens (tertiary/aromatic N) is 8. The van der Waals surface area contributed by atoms with Gasteiger partial charge in [0.15, 0.2) is 6.00 Å². The predicted molar refractivity (Wildman–Crippen MR) is 264 cm³/mol. The lowest BCUT2D eigenvalue weighted by molar-refractivity contribution is -0.912. The first-order valence-corrected chi connectivity index (χ1v) is 23.3. The molecule has 348 valence electrons. The van der Waals surface area contributed by atoms with E-state index in [0.717, 1.165) is 6.67 Å². The summed E-state index contributed by atoms with van der Waals surface area (Å²) >= 11 is 12.8. The van der Waals surface area contributed by atoms with Gasteiger partial charge in [-0.15, -0.1) is 11.6 Å². The van der Waals surface area contributed by atoms with Crippen molar-refractivity contribution in [2.75, 3.05) is 3.89 Å². The largest absolute Gasteiger partial charge is 1.00 e. The maximum Gasteiger partial charge on any atom is 0.252 e. The highest BCUT2D eigenvalue weighted by Crippen LogP contribution is 2.23. The molecule has 8 rings (SSSR count). The number of aromatic nitrogens is 8. The first-order valence-electron chi connectivity index (χ1n) is 20.7. The van der Waals surface area contributed by atoms with Crippen molar-refractivity contribution in [3.63, 3.8) is 0 Å². The molecular weight excluding hydrogens is 1210 g/mol. The molecule has 0 N–H and O–H groups in total. The predicted octanol–water partition coefficient (Wildman–Crippen LogP) is 2.51. The summed E-state index contributed by atoms with van der Waals surface area (Å²) in [5.41, 5.74) is 20.6. The molecule has 0 aliphatic rings. The summed E-state index contributed by atoms with van der Waals surface area (Å²) in [4.78, 5) is 4.07. The fraction of sp³-hybridized carbons (Fsp3) is 0.294. The van der Waals surface area contributed by atoms with Gasteiger partial charge in [-0.3, -0.25) is 0 Å². The second-order valence-electron chi connectivity index (χ2n) is 16.3. The summed E-state index contributed by atoms with van der Waals surface area (Å²) in [6, 6.07) is 18.3. The average Bonchev–Trinajstić information content (AvgIpc) is 4.01. The van der Waals surface area contributed by atoms with Gasteiger partial charge in [0.05, 0.1) is 15.9 Å². The van der Waals surface area contributed by atoms with Gasteiger partial charge in [-0.25, -0.2) is 23.3 Å². The minimum absolute atomic E-state index is 0. The van der Waals surface area contributed by atoms with E-state index < -0.39 is 0 Å². The maximum absolute atomic E-state index is 5.78. The summed E-state index contributed by atoms with van der Waals surface area (Å²) < 4.78 is 15.7. The topological polar surface area (TPSA) is 44.2 Å². The number of imidazole rings is 4. The zero-order valence-electron chi connectivity index (χ0n) is 39.5. The van der Waals surface area contributed by atoms with Crippen LogP contribution in [0, 0.1) is 83.1 Å². The Morgan fingerprint density at radius 1 is 0.446 bits per heavy atom. The van der Waals surface area contributed by atoms with Crippen molar-refractivity contribution >= 4 is 45.8 Å². The summed E-state index contributed by atoms with van der Waals surface area (Å²) in [6.07, 6.45) is 24.5. The normalized spacial score (nSPS) is 10.2. The zero-order valence-corrected chi connectivity index (χ0v) is 48.3. The third-order valence-electron chi connectivity index (χ3n) is 10.6. The van der Waals surface area contributed by atoms with Crippen molar-refractivity contribution in [1.82, 2.24) is 23.3 Å². The fourth-order valence-corrected chi connectivity index (χ4v) is 8.86. The summed E-state index contributed by atoms with van der Waals surface area (Å²) in [7, 11) is 0. The smallest absolute Gasteiger partial charge is 0.252 e. The Labute approximate surface area is 451 Å². The van der Waals surface area contributed by atoms with Gasteiger partial charge in [-0.05, 0) is 128 Å². The Bertz CT molecular complexity index is 2570. The van der Waals surface area contributed by atoms with E-state index in [2.05, 4.69) is 224 Å². The highest BCUT2D eigenvalue weighted by molar-refractivity contribution is 14.1. The molecule has 0 saturated heterocycles. The van der Waals surface area contributed by atoms with Crippen molar-refractivity contribution in [3.8, 4) is 22.7 Å². The van der Waals surface area contributed by atoms with Gasteiger partial charge >= 0.3 is 0 Å². The van der Waals surface area contributed by atoms with Crippen molar-refractivity contribution in [2.24, 2.45) is 0 Å². The third kappa shape index (κ3) is 15.4. The molecule has 8 aromatic rings. The zero-order chi connectivity index (χ0) is 45.2.